The maximum absolute atomic E-state index is 12.8. The van der Waals surface area contributed by atoms with Gasteiger partial charge in [-0.2, -0.15) is 0 Å². The van der Waals surface area contributed by atoms with Crippen LogP contribution in [0.25, 0.3) is 0 Å². The first-order chi connectivity index (χ1) is 16.0. The number of nitrogens with one attached hydrogen (secondary N) is 1. The lowest BCUT2D eigenvalue weighted by Gasteiger charge is -2.25. The summed E-state index contributed by atoms with van der Waals surface area (Å²) in [6, 6.07) is 17.6. The quantitative estimate of drug-likeness (QED) is 0.426. The van der Waals surface area contributed by atoms with Gasteiger partial charge in [0.25, 0.3) is 5.91 Å². The molecule has 8 heteroatoms. The average Bonchev–Trinajstić information content (AvgIpc) is 2.84. The van der Waals surface area contributed by atoms with Crippen LogP contribution in [0.15, 0.2) is 73.1 Å². The molecule has 3 aromatic rings. The third-order valence-electron chi connectivity index (χ3n) is 5.12. The van der Waals surface area contributed by atoms with Gasteiger partial charge in [-0.05, 0) is 53.9 Å². The van der Waals surface area contributed by atoms with E-state index in [1.165, 1.54) is 4.90 Å². The van der Waals surface area contributed by atoms with Gasteiger partial charge in [-0.3, -0.25) is 9.78 Å². The molecule has 1 atom stereocenters. The van der Waals surface area contributed by atoms with Crippen LogP contribution >= 0.6 is 0 Å². The molecule has 2 aromatic carbocycles. The van der Waals surface area contributed by atoms with Crippen molar-refractivity contribution in [3.05, 3.63) is 89.7 Å². The molecule has 0 bridgehead atoms. The smallest absolute Gasteiger partial charge is 0.410 e. The molecular formula is C25H28N4O4. The second kappa shape index (κ2) is 11.6. The van der Waals surface area contributed by atoms with Gasteiger partial charge in [-0.15, -0.1) is 0 Å². The summed E-state index contributed by atoms with van der Waals surface area (Å²) in [6.45, 7) is 2.20. The fourth-order valence-electron chi connectivity index (χ4n) is 3.30. The molecule has 3 rings (SSSR count). The van der Waals surface area contributed by atoms with Crippen molar-refractivity contribution in [3.8, 4) is 0 Å². The summed E-state index contributed by atoms with van der Waals surface area (Å²) in [5.41, 5.74) is 9.04. The molecule has 0 unspecified atom stereocenters. The first-order valence-corrected chi connectivity index (χ1v) is 10.7. The highest BCUT2D eigenvalue weighted by Gasteiger charge is 2.21. The Hall–Kier alpha value is -3.91. The highest BCUT2D eigenvalue weighted by Crippen LogP contribution is 2.24. The van der Waals surface area contributed by atoms with E-state index >= 15 is 0 Å². The summed E-state index contributed by atoms with van der Waals surface area (Å²) in [5.74, 6) is -0.282. The molecule has 8 nitrogen and oxygen atoms in total. The van der Waals surface area contributed by atoms with Crippen molar-refractivity contribution >= 4 is 23.4 Å². The van der Waals surface area contributed by atoms with Gasteiger partial charge in [-0.1, -0.05) is 31.2 Å². The summed E-state index contributed by atoms with van der Waals surface area (Å²) >= 11 is 0. The first-order valence-electron chi connectivity index (χ1n) is 10.7. The largest absolute Gasteiger partial charge is 0.441 e. The normalized spacial score (nSPS) is 11.5. The van der Waals surface area contributed by atoms with E-state index in [0.717, 1.165) is 11.1 Å². The van der Waals surface area contributed by atoms with Crippen molar-refractivity contribution in [2.45, 2.75) is 26.0 Å². The molecule has 0 spiro atoms. The lowest BCUT2D eigenvalue weighted by molar-refractivity contribution is 0.0532. The molecule has 0 fully saturated rings. The summed E-state index contributed by atoms with van der Waals surface area (Å²) < 4.78 is 5.73. The number of aromatic nitrogens is 1. The van der Waals surface area contributed by atoms with Gasteiger partial charge in [0.05, 0.1) is 18.0 Å². The van der Waals surface area contributed by atoms with Crippen molar-refractivity contribution in [3.63, 3.8) is 0 Å². The van der Waals surface area contributed by atoms with E-state index in [0.29, 0.717) is 29.9 Å². The molecule has 0 aliphatic rings. The number of carbonyl (C=O) groups is 2. The lowest BCUT2D eigenvalue weighted by atomic mass is 10.0. The number of aliphatic hydroxyl groups is 1. The van der Waals surface area contributed by atoms with Crippen molar-refractivity contribution in [1.82, 2.24) is 9.88 Å². The molecule has 33 heavy (non-hydrogen) atoms. The van der Waals surface area contributed by atoms with Crippen LogP contribution in [0.5, 0.6) is 0 Å². The summed E-state index contributed by atoms with van der Waals surface area (Å²) in [6.07, 6.45) is 2.85. The molecule has 0 saturated heterocycles. The van der Waals surface area contributed by atoms with E-state index in [9.17, 15) is 14.7 Å². The molecule has 1 aromatic heterocycles. The molecule has 4 N–H and O–H groups in total. The standard InChI is InChI=1S/C25H28N4O4/c1-2-23(33-25(32)29(15-16-30)17-18-11-13-27-14-12-18)19-7-9-20(10-8-19)24(31)28-22-6-4-3-5-21(22)26/h3-14,23,30H,2,15-17,26H2,1H3,(H,28,31)/t23-/m0/s1. The van der Waals surface area contributed by atoms with Crippen molar-refractivity contribution < 1.29 is 19.4 Å². The fraction of sp³-hybridized carbons (Fsp3) is 0.240. The van der Waals surface area contributed by atoms with Crippen LogP contribution in [0.1, 0.15) is 40.9 Å². The third kappa shape index (κ3) is 6.54. The molecule has 172 valence electrons. The summed E-state index contributed by atoms with van der Waals surface area (Å²) in [4.78, 5) is 30.8. The Bertz CT molecular complexity index is 1060. The lowest BCUT2D eigenvalue weighted by Crippen LogP contribution is -2.34. The molecule has 0 aliphatic carbocycles. The Labute approximate surface area is 193 Å². The van der Waals surface area contributed by atoms with Crippen LogP contribution in [0, 0.1) is 0 Å². The summed E-state index contributed by atoms with van der Waals surface area (Å²) in [7, 11) is 0. The minimum absolute atomic E-state index is 0.152. The van der Waals surface area contributed by atoms with Crippen LogP contribution in [-0.4, -0.2) is 40.1 Å². The highest BCUT2D eigenvalue weighted by molar-refractivity contribution is 6.05. The minimum atomic E-state index is -0.519. The minimum Gasteiger partial charge on any atom is -0.441 e. The summed E-state index contributed by atoms with van der Waals surface area (Å²) in [5, 5.41) is 12.2. The number of amides is 2. The van der Waals surface area contributed by atoms with Crippen LogP contribution in [-0.2, 0) is 11.3 Å². The zero-order valence-corrected chi connectivity index (χ0v) is 18.5. The van der Waals surface area contributed by atoms with Crippen LogP contribution in [0.2, 0.25) is 0 Å². The second-order valence-electron chi connectivity index (χ2n) is 7.44. The van der Waals surface area contributed by atoms with Gasteiger partial charge in [0.1, 0.15) is 6.10 Å². The molecule has 2 amide bonds. The van der Waals surface area contributed by atoms with E-state index in [4.69, 9.17) is 10.5 Å². The fourth-order valence-corrected chi connectivity index (χ4v) is 3.30. The Balaban J connectivity index is 1.66. The topological polar surface area (TPSA) is 118 Å². The molecule has 0 aliphatic heterocycles. The van der Waals surface area contributed by atoms with Gasteiger partial charge in [0.15, 0.2) is 0 Å². The molecular weight excluding hydrogens is 420 g/mol. The van der Waals surface area contributed by atoms with Gasteiger partial charge in [0.2, 0.25) is 0 Å². The Kier molecular flexibility index (Phi) is 8.37. The predicted molar refractivity (Wildman–Crippen MR) is 126 cm³/mol. The van der Waals surface area contributed by atoms with Crippen LogP contribution < -0.4 is 11.1 Å². The van der Waals surface area contributed by atoms with Crippen molar-refractivity contribution in [1.29, 1.82) is 0 Å². The number of nitrogens with two attached hydrogens (primary N) is 1. The van der Waals surface area contributed by atoms with E-state index in [2.05, 4.69) is 10.3 Å². The average molecular weight is 449 g/mol. The second-order valence-corrected chi connectivity index (χ2v) is 7.44. The predicted octanol–water partition coefficient (Wildman–Crippen LogP) is 4.00. The maximum atomic E-state index is 12.8. The number of hydrogen-bond acceptors (Lipinski definition) is 6. The highest BCUT2D eigenvalue weighted by atomic mass is 16.6. The number of nitrogen functional groups attached to an aromatic ring is 1. The number of rotatable bonds is 9. The third-order valence-corrected chi connectivity index (χ3v) is 5.12. The monoisotopic (exact) mass is 448 g/mol. The number of pyridine rings is 1. The SMILES string of the molecule is CC[C@H](OC(=O)N(CCO)Cc1ccncc1)c1ccc(C(=O)Nc2ccccc2N)cc1. The van der Waals surface area contributed by atoms with Crippen molar-refractivity contribution in [2.24, 2.45) is 0 Å². The van der Waals surface area contributed by atoms with Crippen molar-refractivity contribution in [2.75, 3.05) is 24.2 Å². The number of carbonyl (C=O) groups excluding carboxylic acids is 2. The van der Waals surface area contributed by atoms with Crippen LogP contribution in [0.4, 0.5) is 16.2 Å². The number of nitrogens with zero attached hydrogens (tertiary/aromatic N) is 2. The van der Waals surface area contributed by atoms with E-state index in [-0.39, 0.29) is 19.1 Å². The Morgan fingerprint density at radius 1 is 1.09 bits per heavy atom. The maximum Gasteiger partial charge on any atom is 0.410 e. The van der Waals surface area contributed by atoms with E-state index < -0.39 is 12.2 Å². The zero-order valence-electron chi connectivity index (χ0n) is 18.5. The number of anilines is 2. The molecule has 0 radical (unpaired) electrons. The zero-order chi connectivity index (χ0) is 23.6. The number of para-hydroxylation sites is 2. The molecule has 1 heterocycles. The Morgan fingerprint density at radius 3 is 2.42 bits per heavy atom. The Morgan fingerprint density at radius 2 is 1.79 bits per heavy atom. The van der Waals surface area contributed by atoms with E-state index in [1.54, 1.807) is 60.9 Å². The molecule has 0 saturated carbocycles. The first kappa shape index (κ1) is 23.7. The number of aliphatic hydroxyl groups excluding tert-OH is 1. The van der Waals surface area contributed by atoms with Gasteiger partial charge in [0, 0.05) is 31.0 Å². The van der Waals surface area contributed by atoms with Gasteiger partial charge >= 0.3 is 6.09 Å². The van der Waals surface area contributed by atoms with Crippen LogP contribution in [0.3, 0.4) is 0 Å². The van der Waals surface area contributed by atoms with Gasteiger partial charge < -0.3 is 25.8 Å². The number of ether oxygens (including phenoxy) is 1. The van der Waals surface area contributed by atoms with E-state index in [1.807, 2.05) is 19.1 Å². The number of hydrogen-bond donors (Lipinski definition) is 3. The van der Waals surface area contributed by atoms with Gasteiger partial charge in [-0.25, -0.2) is 4.79 Å². The number of benzene rings is 2.